The molecule has 0 atom stereocenters. The van der Waals surface area contributed by atoms with Crippen molar-refractivity contribution in [1.82, 2.24) is 15.2 Å². The lowest BCUT2D eigenvalue weighted by atomic mass is 10.3. The van der Waals surface area contributed by atoms with Gasteiger partial charge in [-0.15, -0.1) is 32.9 Å². The van der Waals surface area contributed by atoms with Crippen LogP contribution >= 0.6 is 57.6 Å². The van der Waals surface area contributed by atoms with E-state index in [9.17, 15) is 4.79 Å². The molecule has 3 aromatic heterocycles. The molecular formula is C20H14Cl2N4OS3. The van der Waals surface area contributed by atoms with E-state index in [1.54, 1.807) is 40.9 Å². The molecule has 5 nitrogen and oxygen atoms in total. The van der Waals surface area contributed by atoms with Crippen LogP contribution in [0.3, 0.4) is 0 Å². The maximum absolute atomic E-state index is 12.2. The third-order valence-electron chi connectivity index (χ3n) is 3.90. The van der Waals surface area contributed by atoms with Crippen LogP contribution in [0.4, 0.5) is 5.69 Å². The Balaban J connectivity index is 1.39. The highest BCUT2D eigenvalue weighted by atomic mass is 35.5. The van der Waals surface area contributed by atoms with E-state index in [1.807, 2.05) is 30.5 Å². The van der Waals surface area contributed by atoms with Gasteiger partial charge in [0.15, 0.2) is 0 Å². The monoisotopic (exact) mass is 492 g/mol. The van der Waals surface area contributed by atoms with Gasteiger partial charge >= 0.3 is 0 Å². The summed E-state index contributed by atoms with van der Waals surface area (Å²) in [5, 5.41) is 16.0. The molecule has 0 aliphatic carbocycles. The van der Waals surface area contributed by atoms with Crippen LogP contribution in [-0.4, -0.2) is 26.8 Å². The van der Waals surface area contributed by atoms with E-state index in [2.05, 4.69) is 26.6 Å². The standard InChI is InChI=1S/C20H14Cl2N4OS3/c1-11-19(30-20(23-11)16-3-2-6-28-16)15-4-5-18(26-25-15)29-10-17(27)24-14-8-12(21)7-13(22)9-14/h2-9H,10H2,1H3,(H,24,27). The van der Waals surface area contributed by atoms with Crippen LogP contribution in [0, 0.1) is 6.92 Å². The summed E-state index contributed by atoms with van der Waals surface area (Å²) in [6.07, 6.45) is 0. The first-order valence-corrected chi connectivity index (χ1v) is 12.2. The zero-order chi connectivity index (χ0) is 21.1. The van der Waals surface area contributed by atoms with Crippen molar-refractivity contribution in [3.05, 3.63) is 63.6 Å². The molecule has 1 N–H and O–H groups in total. The Morgan fingerprint density at radius 3 is 2.60 bits per heavy atom. The maximum atomic E-state index is 12.2. The molecule has 1 amide bonds. The van der Waals surface area contributed by atoms with Crippen LogP contribution in [-0.2, 0) is 4.79 Å². The highest BCUT2D eigenvalue weighted by Crippen LogP contribution is 2.36. The third kappa shape index (κ3) is 5.19. The molecule has 30 heavy (non-hydrogen) atoms. The second kappa shape index (κ2) is 9.45. The van der Waals surface area contributed by atoms with Gasteiger partial charge < -0.3 is 5.32 Å². The second-order valence-corrected chi connectivity index (χ2v) is 9.98. The summed E-state index contributed by atoms with van der Waals surface area (Å²) < 4.78 is 0. The number of nitrogens with zero attached hydrogens (tertiary/aromatic N) is 3. The molecule has 3 heterocycles. The van der Waals surface area contributed by atoms with Gasteiger partial charge in [-0.05, 0) is 48.7 Å². The minimum atomic E-state index is -0.178. The van der Waals surface area contributed by atoms with Crippen LogP contribution in [0.2, 0.25) is 10.0 Å². The number of benzene rings is 1. The van der Waals surface area contributed by atoms with E-state index < -0.39 is 0 Å². The summed E-state index contributed by atoms with van der Waals surface area (Å²) in [6.45, 7) is 1.97. The van der Waals surface area contributed by atoms with Crippen LogP contribution < -0.4 is 5.32 Å². The number of aryl methyl sites for hydroxylation is 1. The first kappa shape index (κ1) is 21.3. The molecule has 0 radical (unpaired) electrons. The summed E-state index contributed by atoms with van der Waals surface area (Å²) in [6, 6.07) is 12.7. The molecule has 0 unspecified atom stereocenters. The highest BCUT2D eigenvalue weighted by molar-refractivity contribution is 7.99. The van der Waals surface area contributed by atoms with Gasteiger partial charge in [-0.1, -0.05) is 41.0 Å². The smallest absolute Gasteiger partial charge is 0.234 e. The van der Waals surface area contributed by atoms with Crippen molar-refractivity contribution in [2.45, 2.75) is 11.9 Å². The van der Waals surface area contributed by atoms with Crippen molar-refractivity contribution in [1.29, 1.82) is 0 Å². The van der Waals surface area contributed by atoms with E-state index in [0.717, 1.165) is 26.1 Å². The van der Waals surface area contributed by atoms with Crippen molar-refractivity contribution in [2.75, 3.05) is 11.1 Å². The number of thiophene rings is 1. The molecule has 0 fully saturated rings. The summed E-state index contributed by atoms with van der Waals surface area (Å²) in [7, 11) is 0. The fraction of sp³-hybridized carbons (Fsp3) is 0.100. The number of thiazole rings is 1. The molecule has 0 aliphatic rings. The van der Waals surface area contributed by atoms with Gasteiger partial charge in [0.2, 0.25) is 5.91 Å². The Kier molecular flexibility index (Phi) is 6.70. The molecule has 152 valence electrons. The number of hydrogen-bond acceptors (Lipinski definition) is 7. The minimum absolute atomic E-state index is 0.178. The molecule has 4 aromatic rings. The highest BCUT2D eigenvalue weighted by Gasteiger charge is 2.14. The quantitative estimate of drug-likeness (QED) is 0.304. The normalized spacial score (nSPS) is 10.9. The predicted octanol–water partition coefficient (Wildman–Crippen LogP) is 6.67. The fourth-order valence-corrected chi connectivity index (χ4v) is 5.59. The Labute approximate surface area is 195 Å². The van der Waals surface area contributed by atoms with E-state index in [-0.39, 0.29) is 11.7 Å². The zero-order valence-corrected chi connectivity index (χ0v) is 19.5. The van der Waals surface area contributed by atoms with Gasteiger partial charge in [-0.25, -0.2) is 4.98 Å². The molecule has 0 aliphatic heterocycles. The Bertz CT molecular complexity index is 1160. The van der Waals surface area contributed by atoms with E-state index in [0.29, 0.717) is 20.8 Å². The number of rotatable bonds is 6. The summed E-state index contributed by atoms with van der Waals surface area (Å²) in [5.74, 6) is 0.0170. The van der Waals surface area contributed by atoms with Crippen molar-refractivity contribution in [3.8, 4) is 20.5 Å². The van der Waals surface area contributed by atoms with Gasteiger partial charge in [0.05, 0.1) is 21.2 Å². The summed E-state index contributed by atoms with van der Waals surface area (Å²) in [5.41, 5.74) is 2.26. The van der Waals surface area contributed by atoms with Crippen molar-refractivity contribution in [2.24, 2.45) is 0 Å². The number of hydrogen-bond donors (Lipinski definition) is 1. The minimum Gasteiger partial charge on any atom is -0.325 e. The van der Waals surface area contributed by atoms with Crippen LogP contribution in [0.15, 0.2) is 52.9 Å². The lowest BCUT2D eigenvalue weighted by molar-refractivity contribution is -0.113. The number of aromatic nitrogens is 3. The second-order valence-electron chi connectivity index (χ2n) is 6.16. The molecule has 0 saturated heterocycles. The summed E-state index contributed by atoms with van der Waals surface area (Å²) >= 11 is 16.5. The number of carbonyl (C=O) groups excluding carboxylic acids is 1. The van der Waals surface area contributed by atoms with E-state index in [1.165, 1.54) is 11.8 Å². The van der Waals surface area contributed by atoms with E-state index in [4.69, 9.17) is 23.2 Å². The first-order valence-electron chi connectivity index (χ1n) is 8.72. The Hall–Kier alpha value is -1.97. The van der Waals surface area contributed by atoms with Crippen LogP contribution in [0.25, 0.3) is 20.5 Å². The lowest BCUT2D eigenvalue weighted by Crippen LogP contribution is -2.14. The maximum Gasteiger partial charge on any atom is 0.234 e. The number of nitrogens with one attached hydrogen (secondary N) is 1. The first-order chi connectivity index (χ1) is 14.5. The Morgan fingerprint density at radius 1 is 1.13 bits per heavy atom. The molecule has 4 rings (SSSR count). The number of halogens is 2. The van der Waals surface area contributed by atoms with Gasteiger partial charge in [-0.2, -0.15) is 0 Å². The topological polar surface area (TPSA) is 67.8 Å². The molecule has 0 saturated carbocycles. The molecular weight excluding hydrogens is 479 g/mol. The molecule has 1 aromatic carbocycles. The van der Waals surface area contributed by atoms with Crippen LogP contribution in [0.1, 0.15) is 5.69 Å². The van der Waals surface area contributed by atoms with Gasteiger partial charge in [-0.3, -0.25) is 4.79 Å². The fourth-order valence-electron chi connectivity index (χ4n) is 2.62. The van der Waals surface area contributed by atoms with Crippen molar-refractivity contribution < 1.29 is 4.79 Å². The number of carbonyl (C=O) groups is 1. The Morgan fingerprint density at radius 2 is 1.93 bits per heavy atom. The van der Waals surface area contributed by atoms with Crippen molar-refractivity contribution in [3.63, 3.8) is 0 Å². The van der Waals surface area contributed by atoms with Gasteiger partial charge in [0, 0.05) is 15.7 Å². The number of thioether (sulfide) groups is 1. The number of amides is 1. The molecule has 10 heteroatoms. The summed E-state index contributed by atoms with van der Waals surface area (Å²) in [4.78, 5) is 19.0. The third-order valence-corrected chi connectivity index (χ3v) is 7.47. The average Bonchev–Trinajstić information content (AvgIpc) is 3.36. The molecule has 0 spiro atoms. The lowest BCUT2D eigenvalue weighted by Gasteiger charge is -2.06. The van der Waals surface area contributed by atoms with Crippen LogP contribution in [0.5, 0.6) is 0 Å². The van der Waals surface area contributed by atoms with Crippen molar-refractivity contribution >= 4 is 69.2 Å². The van der Waals surface area contributed by atoms with Gasteiger partial charge in [0.1, 0.15) is 15.7 Å². The average molecular weight is 493 g/mol. The molecule has 0 bridgehead atoms. The predicted molar refractivity (Wildman–Crippen MR) is 127 cm³/mol. The van der Waals surface area contributed by atoms with E-state index >= 15 is 0 Å². The van der Waals surface area contributed by atoms with Gasteiger partial charge in [0.25, 0.3) is 0 Å². The largest absolute Gasteiger partial charge is 0.325 e. The SMILES string of the molecule is Cc1nc(-c2cccs2)sc1-c1ccc(SCC(=O)Nc2cc(Cl)cc(Cl)c2)nn1. The zero-order valence-electron chi connectivity index (χ0n) is 15.6. The number of anilines is 1.